The molecule has 18 heavy (non-hydrogen) atoms. The minimum atomic E-state index is 1.11. The number of nitrogens with zero attached hydrogens (tertiary/aromatic N) is 1. The first-order valence-electron chi connectivity index (χ1n) is 8.28. The summed E-state index contributed by atoms with van der Waals surface area (Å²) in [5, 5.41) is 3.39. The molecule has 0 aliphatic carbocycles. The molecule has 0 bridgehead atoms. The van der Waals surface area contributed by atoms with Crippen LogP contribution in [0.5, 0.6) is 0 Å². The van der Waals surface area contributed by atoms with Crippen molar-refractivity contribution >= 4 is 0 Å². The molecule has 0 saturated heterocycles. The fraction of sp³-hybridized carbons (Fsp3) is 1.00. The van der Waals surface area contributed by atoms with Crippen molar-refractivity contribution in [1.29, 1.82) is 0 Å². The molecule has 0 heterocycles. The molecule has 0 aromatic carbocycles. The normalized spacial score (nSPS) is 11.3. The Kier molecular flexibility index (Phi) is 14.9. The maximum Gasteiger partial charge on any atom is -0.00187 e. The second-order valence-corrected chi connectivity index (χ2v) is 5.32. The Morgan fingerprint density at radius 2 is 1.22 bits per heavy atom. The first-order valence-corrected chi connectivity index (χ1v) is 8.28. The van der Waals surface area contributed by atoms with Crippen LogP contribution in [0.15, 0.2) is 0 Å². The summed E-state index contributed by atoms with van der Waals surface area (Å²) < 4.78 is 0. The van der Waals surface area contributed by atoms with Crippen molar-refractivity contribution in [3.05, 3.63) is 0 Å². The largest absolute Gasteiger partial charge is 0.317 e. The fourth-order valence-electron chi connectivity index (χ4n) is 2.21. The molecule has 0 aliphatic rings. The third-order valence-electron chi connectivity index (χ3n) is 3.48. The molecule has 110 valence electrons. The van der Waals surface area contributed by atoms with Crippen LogP contribution in [0.3, 0.4) is 0 Å². The molecule has 0 radical (unpaired) electrons. The maximum atomic E-state index is 3.39. The highest BCUT2D eigenvalue weighted by Gasteiger charge is 2.03. The number of unbranched alkanes of at least 4 members (excludes halogenated alkanes) is 5. The fourth-order valence-corrected chi connectivity index (χ4v) is 2.21. The van der Waals surface area contributed by atoms with E-state index in [0.29, 0.717) is 0 Å². The minimum Gasteiger partial charge on any atom is -0.317 e. The topological polar surface area (TPSA) is 15.3 Å². The minimum absolute atomic E-state index is 1.11. The lowest BCUT2D eigenvalue weighted by Gasteiger charge is -2.21. The molecule has 0 aromatic heterocycles. The van der Waals surface area contributed by atoms with Crippen LogP contribution < -0.4 is 5.32 Å². The molecule has 0 amide bonds. The summed E-state index contributed by atoms with van der Waals surface area (Å²) in [6, 6.07) is 0. The van der Waals surface area contributed by atoms with Crippen molar-refractivity contribution in [2.75, 3.05) is 32.7 Å². The van der Waals surface area contributed by atoms with Crippen molar-refractivity contribution in [3.63, 3.8) is 0 Å². The predicted octanol–water partition coefficient (Wildman–Crippen LogP) is 4.06. The predicted molar refractivity (Wildman–Crippen MR) is 83.3 cm³/mol. The zero-order valence-corrected chi connectivity index (χ0v) is 13.1. The van der Waals surface area contributed by atoms with Crippen LogP contribution in [0.2, 0.25) is 0 Å². The molecule has 0 spiro atoms. The highest BCUT2D eigenvalue weighted by atomic mass is 15.1. The van der Waals surface area contributed by atoms with Gasteiger partial charge in [0.15, 0.2) is 0 Å². The average Bonchev–Trinajstić information content (AvgIpc) is 2.40. The highest BCUT2D eigenvalue weighted by Crippen LogP contribution is 2.04. The second kappa shape index (κ2) is 15.0. The summed E-state index contributed by atoms with van der Waals surface area (Å²) in [6.07, 6.45) is 10.9. The SMILES string of the molecule is CCCCN(CCCC)CCCCCCNCC. The molecule has 2 nitrogen and oxygen atoms in total. The standard InChI is InChI=1S/C16H36N2/c1-4-7-14-18(15-8-5-2)16-12-10-9-11-13-17-6-3/h17H,4-16H2,1-3H3. The van der Waals surface area contributed by atoms with Gasteiger partial charge in [0.25, 0.3) is 0 Å². The third kappa shape index (κ3) is 12.4. The zero-order valence-electron chi connectivity index (χ0n) is 13.1. The summed E-state index contributed by atoms with van der Waals surface area (Å²) in [4.78, 5) is 2.68. The molecule has 0 saturated carbocycles. The monoisotopic (exact) mass is 256 g/mol. The molecular weight excluding hydrogens is 220 g/mol. The Labute approximate surface area is 116 Å². The lowest BCUT2D eigenvalue weighted by atomic mass is 10.1. The number of hydrogen-bond acceptors (Lipinski definition) is 2. The Morgan fingerprint density at radius 3 is 1.78 bits per heavy atom. The summed E-state index contributed by atoms with van der Waals surface area (Å²) in [5.74, 6) is 0. The van der Waals surface area contributed by atoms with E-state index in [1.165, 1.54) is 77.5 Å². The number of rotatable bonds is 14. The first kappa shape index (κ1) is 17.9. The average molecular weight is 256 g/mol. The Bertz CT molecular complexity index is 140. The van der Waals surface area contributed by atoms with Gasteiger partial charge >= 0.3 is 0 Å². The second-order valence-electron chi connectivity index (χ2n) is 5.32. The Hall–Kier alpha value is -0.0800. The van der Waals surface area contributed by atoms with Crippen molar-refractivity contribution in [3.8, 4) is 0 Å². The van der Waals surface area contributed by atoms with Gasteiger partial charge in [0.2, 0.25) is 0 Å². The molecule has 2 heteroatoms. The van der Waals surface area contributed by atoms with Crippen molar-refractivity contribution < 1.29 is 0 Å². The van der Waals surface area contributed by atoms with Gasteiger partial charge in [0, 0.05) is 0 Å². The summed E-state index contributed by atoms with van der Waals surface area (Å²) in [7, 11) is 0. The molecular formula is C16H36N2. The summed E-state index contributed by atoms with van der Waals surface area (Å²) in [5.41, 5.74) is 0. The van der Waals surface area contributed by atoms with Gasteiger partial charge in [-0.25, -0.2) is 0 Å². The van der Waals surface area contributed by atoms with Crippen LogP contribution in [0, 0.1) is 0 Å². The molecule has 0 aliphatic heterocycles. The smallest absolute Gasteiger partial charge is 0.00187 e. The summed E-state index contributed by atoms with van der Waals surface area (Å²) >= 11 is 0. The van der Waals surface area contributed by atoms with E-state index >= 15 is 0 Å². The third-order valence-corrected chi connectivity index (χ3v) is 3.48. The van der Waals surface area contributed by atoms with Crippen LogP contribution in [-0.4, -0.2) is 37.6 Å². The van der Waals surface area contributed by atoms with Crippen LogP contribution >= 0.6 is 0 Å². The van der Waals surface area contributed by atoms with Gasteiger partial charge in [-0.3, -0.25) is 0 Å². The van der Waals surface area contributed by atoms with Crippen LogP contribution in [0.25, 0.3) is 0 Å². The number of nitrogens with one attached hydrogen (secondary N) is 1. The molecule has 0 fully saturated rings. The van der Waals surface area contributed by atoms with E-state index in [9.17, 15) is 0 Å². The van der Waals surface area contributed by atoms with Gasteiger partial charge in [0.1, 0.15) is 0 Å². The van der Waals surface area contributed by atoms with E-state index in [2.05, 4.69) is 31.0 Å². The zero-order chi connectivity index (χ0) is 13.5. The van der Waals surface area contributed by atoms with Crippen LogP contribution in [-0.2, 0) is 0 Å². The highest BCUT2D eigenvalue weighted by molar-refractivity contribution is 4.58. The quantitative estimate of drug-likeness (QED) is 0.472. The van der Waals surface area contributed by atoms with Gasteiger partial charge in [0.05, 0.1) is 0 Å². The van der Waals surface area contributed by atoms with E-state index in [4.69, 9.17) is 0 Å². The molecule has 0 rings (SSSR count). The van der Waals surface area contributed by atoms with E-state index in [-0.39, 0.29) is 0 Å². The van der Waals surface area contributed by atoms with Gasteiger partial charge in [-0.1, -0.05) is 46.5 Å². The van der Waals surface area contributed by atoms with E-state index < -0.39 is 0 Å². The molecule has 0 atom stereocenters. The van der Waals surface area contributed by atoms with Gasteiger partial charge in [-0.15, -0.1) is 0 Å². The summed E-state index contributed by atoms with van der Waals surface area (Å²) in [6.45, 7) is 13.0. The molecule has 0 unspecified atom stereocenters. The van der Waals surface area contributed by atoms with Crippen molar-refractivity contribution in [1.82, 2.24) is 10.2 Å². The van der Waals surface area contributed by atoms with Crippen LogP contribution in [0.1, 0.15) is 72.1 Å². The maximum absolute atomic E-state index is 3.39. The first-order chi connectivity index (χ1) is 8.85. The van der Waals surface area contributed by atoms with Gasteiger partial charge in [-0.05, 0) is 58.4 Å². The van der Waals surface area contributed by atoms with E-state index in [0.717, 1.165) is 6.54 Å². The van der Waals surface area contributed by atoms with Gasteiger partial charge in [-0.2, -0.15) is 0 Å². The van der Waals surface area contributed by atoms with E-state index in [1.807, 2.05) is 0 Å². The van der Waals surface area contributed by atoms with Crippen molar-refractivity contribution in [2.45, 2.75) is 72.1 Å². The Morgan fingerprint density at radius 1 is 0.667 bits per heavy atom. The molecule has 0 aromatic rings. The van der Waals surface area contributed by atoms with Gasteiger partial charge < -0.3 is 10.2 Å². The van der Waals surface area contributed by atoms with Crippen molar-refractivity contribution in [2.24, 2.45) is 0 Å². The Balaban J connectivity index is 3.43. The molecule has 1 N–H and O–H groups in total. The van der Waals surface area contributed by atoms with E-state index in [1.54, 1.807) is 0 Å². The lowest BCUT2D eigenvalue weighted by molar-refractivity contribution is 0.259. The van der Waals surface area contributed by atoms with Crippen LogP contribution in [0.4, 0.5) is 0 Å². The number of hydrogen-bond donors (Lipinski definition) is 1. The lowest BCUT2D eigenvalue weighted by Crippen LogP contribution is -2.27.